The molecule has 0 radical (unpaired) electrons. The van der Waals surface area contributed by atoms with Crippen molar-refractivity contribution in [2.45, 2.75) is 31.8 Å². The minimum absolute atomic E-state index is 0.0895. The van der Waals surface area contributed by atoms with Gasteiger partial charge in [-0.05, 0) is 24.5 Å². The van der Waals surface area contributed by atoms with E-state index in [2.05, 4.69) is 6.92 Å². The first-order chi connectivity index (χ1) is 8.69. The van der Waals surface area contributed by atoms with Crippen molar-refractivity contribution in [2.75, 3.05) is 19.8 Å². The third kappa shape index (κ3) is 1.54. The molecule has 3 atom stereocenters. The molecule has 3 rings (SSSR count). The molecule has 2 aliphatic rings. The van der Waals surface area contributed by atoms with E-state index in [1.165, 1.54) is 0 Å². The summed E-state index contributed by atoms with van der Waals surface area (Å²) in [6.45, 7) is 5.77. The fourth-order valence-electron chi connectivity index (χ4n) is 3.41. The van der Waals surface area contributed by atoms with Crippen molar-refractivity contribution < 1.29 is 13.9 Å². The van der Waals surface area contributed by atoms with Gasteiger partial charge in [-0.15, -0.1) is 0 Å². The summed E-state index contributed by atoms with van der Waals surface area (Å²) in [4.78, 5) is 0. The Kier molecular flexibility index (Phi) is 2.91. The predicted octanol–water partition coefficient (Wildman–Crippen LogP) is 2.83. The zero-order valence-electron chi connectivity index (χ0n) is 10.9. The molecule has 0 spiro atoms. The van der Waals surface area contributed by atoms with Crippen LogP contribution >= 0.6 is 0 Å². The molecule has 2 saturated heterocycles. The highest BCUT2D eigenvalue weighted by Gasteiger charge is 2.55. The quantitative estimate of drug-likeness (QED) is 0.803. The molecule has 0 saturated carbocycles. The largest absolute Gasteiger partial charge is 0.380 e. The highest BCUT2D eigenvalue weighted by molar-refractivity contribution is 5.35. The Balaban J connectivity index is 2.07. The summed E-state index contributed by atoms with van der Waals surface area (Å²) in [5, 5.41) is 0. The van der Waals surface area contributed by atoms with Crippen molar-refractivity contribution >= 4 is 0 Å². The molecule has 2 nitrogen and oxygen atoms in total. The molecule has 0 aliphatic carbocycles. The van der Waals surface area contributed by atoms with Gasteiger partial charge < -0.3 is 9.47 Å². The lowest BCUT2D eigenvalue weighted by atomic mass is 9.72. The number of halogens is 1. The van der Waals surface area contributed by atoms with Gasteiger partial charge in [0.05, 0.1) is 31.3 Å². The summed E-state index contributed by atoms with van der Waals surface area (Å²) in [5.74, 6) is 0.201. The Morgan fingerprint density at radius 3 is 3.00 bits per heavy atom. The average Bonchev–Trinajstić information content (AvgIpc) is 2.91. The number of benzene rings is 1. The van der Waals surface area contributed by atoms with E-state index in [4.69, 9.17) is 9.47 Å². The van der Waals surface area contributed by atoms with Gasteiger partial charge in [-0.1, -0.05) is 25.1 Å². The second-order valence-corrected chi connectivity index (χ2v) is 5.47. The molecule has 2 fully saturated rings. The molecular formula is C15H19FO2. The molecule has 1 aromatic carbocycles. The van der Waals surface area contributed by atoms with E-state index in [1.54, 1.807) is 0 Å². The molecule has 0 aromatic heterocycles. The van der Waals surface area contributed by atoms with Crippen molar-refractivity contribution in [3.05, 3.63) is 35.1 Å². The van der Waals surface area contributed by atoms with Gasteiger partial charge >= 0.3 is 0 Å². The van der Waals surface area contributed by atoms with E-state index in [1.807, 2.05) is 25.1 Å². The minimum atomic E-state index is -0.267. The van der Waals surface area contributed by atoms with E-state index < -0.39 is 0 Å². The van der Waals surface area contributed by atoms with Crippen LogP contribution in [0.15, 0.2) is 18.2 Å². The van der Waals surface area contributed by atoms with Gasteiger partial charge in [0.1, 0.15) is 5.82 Å². The molecule has 2 aliphatic heterocycles. The number of aryl methyl sites for hydroxylation is 1. The number of rotatable bonds is 2. The molecular weight excluding hydrogens is 231 g/mol. The average molecular weight is 250 g/mol. The Labute approximate surface area is 107 Å². The van der Waals surface area contributed by atoms with Gasteiger partial charge in [-0.25, -0.2) is 4.39 Å². The number of ether oxygens (including phenoxy) is 2. The van der Waals surface area contributed by atoms with Crippen LogP contribution in [0.25, 0.3) is 0 Å². The van der Waals surface area contributed by atoms with Crippen molar-refractivity contribution in [1.82, 2.24) is 0 Å². The summed E-state index contributed by atoms with van der Waals surface area (Å²) >= 11 is 0. The van der Waals surface area contributed by atoms with Gasteiger partial charge in [0.2, 0.25) is 0 Å². The van der Waals surface area contributed by atoms with Crippen molar-refractivity contribution in [3.63, 3.8) is 0 Å². The Morgan fingerprint density at radius 2 is 2.22 bits per heavy atom. The summed E-state index contributed by atoms with van der Waals surface area (Å²) in [6, 6.07) is 5.63. The van der Waals surface area contributed by atoms with Crippen LogP contribution in [-0.4, -0.2) is 25.9 Å². The Hall–Kier alpha value is -0.930. The van der Waals surface area contributed by atoms with Crippen molar-refractivity contribution in [3.8, 4) is 0 Å². The molecule has 0 N–H and O–H groups in total. The summed E-state index contributed by atoms with van der Waals surface area (Å²) in [7, 11) is 0. The SMILES string of the molecule is CC[C@H]1OC[C@]2(c3cccc(C)c3F)COC[C@H]12. The molecule has 18 heavy (non-hydrogen) atoms. The zero-order chi connectivity index (χ0) is 12.8. The first kappa shape index (κ1) is 12.1. The maximum atomic E-state index is 14.4. The van der Waals surface area contributed by atoms with Crippen LogP contribution < -0.4 is 0 Å². The number of hydrogen-bond donors (Lipinski definition) is 0. The van der Waals surface area contributed by atoms with E-state index >= 15 is 0 Å². The van der Waals surface area contributed by atoms with Gasteiger partial charge in [-0.2, -0.15) is 0 Å². The smallest absolute Gasteiger partial charge is 0.130 e. The lowest BCUT2D eigenvalue weighted by Gasteiger charge is -2.28. The van der Waals surface area contributed by atoms with Gasteiger partial charge in [0, 0.05) is 5.92 Å². The molecule has 98 valence electrons. The summed E-state index contributed by atoms with van der Waals surface area (Å²) in [6.07, 6.45) is 1.16. The van der Waals surface area contributed by atoms with Gasteiger partial charge in [-0.3, -0.25) is 0 Å². The topological polar surface area (TPSA) is 18.5 Å². The fraction of sp³-hybridized carbons (Fsp3) is 0.600. The van der Waals surface area contributed by atoms with Crippen LogP contribution in [0.5, 0.6) is 0 Å². The third-order valence-electron chi connectivity index (χ3n) is 4.50. The summed E-state index contributed by atoms with van der Waals surface area (Å²) < 4.78 is 25.9. The van der Waals surface area contributed by atoms with Crippen molar-refractivity contribution in [2.24, 2.45) is 5.92 Å². The van der Waals surface area contributed by atoms with Crippen LogP contribution in [0, 0.1) is 18.7 Å². The molecule has 0 bridgehead atoms. The Morgan fingerprint density at radius 1 is 1.39 bits per heavy atom. The molecule has 0 unspecified atom stereocenters. The first-order valence-electron chi connectivity index (χ1n) is 6.64. The van der Waals surface area contributed by atoms with Crippen LogP contribution in [0.1, 0.15) is 24.5 Å². The van der Waals surface area contributed by atoms with Crippen LogP contribution in [0.3, 0.4) is 0 Å². The van der Waals surface area contributed by atoms with E-state index in [9.17, 15) is 4.39 Å². The van der Waals surface area contributed by atoms with Gasteiger partial charge in [0.15, 0.2) is 0 Å². The summed E-state index contributed by atoms with van der Waals surface area (Å²) in [5.41, 5.74) is 1.21. The Bertz CT molecular complexity index is 460. The highest BCUT2D eigenvalue weighted by Crippen LogP contribution is 2.47. The van der Waals surface area contributed by atoms with Crippen LogP contribution in [0.2, 0.25) is 0 Å². The lowest BCUT2D eigenvalue weighted by Crippen LogP contribution is -2.36. The number of hydrogen-bond acceptors (Lipinski definition) is 2. The molecule has 3 heteroatoms. The highest BCUT2D eigenvalue weighted by atomic mass is 19.1. The van der Waals surface area contributed by atoms with Crippen LogP contribution in [0.4, 0.5) is 4.39 Å². The monoisotopic (exact) mass is 250 g/mol. The number of fused-ring (bicyclic) bond motifs is 1. The maximum Gasteiger partial charge on any atom is 0.130 e. The zero-order valence-corrected chi connectivity index (χ0v) is 10.9. The fourth-order valence-corrected chi connectivity index (χ4v) is 3.41. The normalized spacial score (nSPS) is 34.8. The lowest BCUT2D eigenvalue weighted by molar-refractivity contribution is 0.0462. The third-order valence-corrected chi connectivity index (χ3v) is 4.50. The van der Waals surface area contributed by atoms with Crippen LogP contribution in [-0.2, 0) is 14.9 Å². The second kappa shape index (κ2) is 4.32. The van der Waals surface area contributed by atoms with Gasteiger partial charge in [0.25, 0.3) is 0 Å². The maximum absolute atomic E-state index is 14.4. The molecule has 0 amide bonds. The van der Waals surface area contributed by atoms with E-state index in [-0.39, 0.29) is 17.3 Å². The second-order valence-electron chi connectivity index (χ2n) is 5.47. The minimum Gasteiger partial charge on any atom is -0.380 e. The van der Waals surface area contributed by atoms with E-state index in [0.29, 0.717) is 31.3 Å². The standard InChI is InChI=1S/C15H19FO2/c1-3-13-12-7-17-8-15(12,9-18-13)11-6-4-5-10(2)14(11)16/h4-6,12-13H,3,7-9H2,1-2H3/t12-,13-,15+/m1/s1. The molecule has 1 aromatic rings. The van der Waals surface area contributed by atoms with Crippen molar-refractivity contribution in [1.29, 1.82) is 0 Å². The predicted molar refractivity (Wildman–Crippen MR) is 67.2 cm³/mol. The first-order valence-corrected chi connectivity index (χ1v) is 6.64. The van der Waals surface area contributed by atoms with E-state index in [0.717, 1.165) is 12.0 Å². The molecule has 2 heterocycles.